The summed E-state index contributed by atoms with van der Waals surface area (Å²) in [4.78, 5) is 15.5. The number of carbonyl (C=O) groups is 1. The van der Waals surface area contributed by atoms with Gasteiger partial charge in [0.05, 0.1) is 11.4 Å². The average molecular weight is 249 g/mol. The Balaban J connectivity index is 2.35. The van der Waals surface area contributed by atoms with Gasteiger partial charge in [-0.15, -0.1) is 0 Å². The largest absolute Gasteiger partial charge is 0.331 e. The maximum absolute atomic E-state index is 10.8. The van der Waals surface area contributed by atoms with E-state index in [0.717, 1.165) is 29.9 Å². The van der Waals surface area contributed by atoms with Crippen molar-refractivity contribution in [3.8, 4) is 0 Å². The van der Waals surface area contributed by atoms with Crippen molar-refractivity contribution in [1.82, 2.24) is 9.78 Å². The Morgan fingerprint density at radius 3 is 2.83 bits per heavy atom. The molecular weight excluding hydrogens is 230 g/mol. The molecule has 0 radical (unpaired) electrons. The first-order valence-corrected chi connectivity index (χ1v) is 6.38. The topological polar surface area (TPSA) is 56.5 Å². The number of oxime groups is 1. The fraction of sp³-hybridized carbons (Fsp3) is 0.615. The molecule has 0 aromatic carbocycles. The van der Waals surface area contributed by atoms with Gasteiger partial charge in [0.2, 0.25) is 0 Å². The highest BCUT2D eigenvalue weighted by molar-refractivity contribution is 6.00. The van der Waals surface area contributed by atoms with Crippen LogP contribution in [0.1, 0.15) is 50.1 Å². The molecule has 0 spiro atoms. The predicted octanol–water partition coefficient (Wildman–Crippen LogP) is 2.21. The lowest BCUT2D eigenvalue weighted by atomic mass is 10.1. The van der Waals surface area contributed by atoms with E-state index < -0.39 is 5.97 Å². The second kappa shape index (κ2) is 5.33. The molecule has 5 nitrogen and oxygen atoms in total. The van der Waals surface area contributed by atoms with Crippen molar-refractivity contribution < 1.29 is 9.63 Å². The minimum Gasteiger partial charge on any atom is -0.318 e. The van der Waals surface area contributed by atoms with Gasteiger partial charge in [-0.2, -0.15) is 5.10 Å². The zero-order valence-electron chi connectivity index (χ0n) is 11.2. The van der Waals surface area contributed by atoms with Gasteiger partial charge in [0.15, 0.2) is 0 Å². The molecule has 0 saturated heterocycles. The summed E-state index contributed by atoms with van der Waals surface area (Å²) >= 11 is 0. The highest BCUT2D eigenvalue weighted by Crippen LogP contribution is 2.21. The smallest absolute Gasteiger partial charge is 0.318 e. The van der Waals surface area contributed by atoms with Crippen LogP contribution in [0.3, 0.4) is 0 Å². The molecule has 2 heterocycles. The van der Waals surface area contributed by atoms with Gasteiger partial charge in [-0.05, 0) is 33.1 Å². The molecule has 1 aromatic heterocycles. The van der Waals surface area contributed by atoms with Gasteiger partial charge < -0.3 is 4.84 Å². The van der Waals surface area contributed by atoms with Gasteiger partial charge in [-0.3, -0.25) is 4.68 Å². The van der Waals surface area contributed by atoms with Crippen molar-refractivity contribution >= 4 is 11.7 Å². The van der Waals surface area contributed by atoms with Crippen LogP contribution >= 0.6 is 0 Å². The van der Waals surface area contributed by atoms with E-state index in [4.69, 9.17) is 4.84 Å². The van der Waals surface area contributed by atoms with Crippen LogP contribution < -0.4 is 0 Å². The standard InChI is InChI=1S/C13H19N3O2/c1-9-13(10(2)15-18-11(3)17)12-7-5-4-6-8-16(12)14-9/h4-8H2,1-3H3/b15-10+. The van der Waals surface area contributed by atoms with Crippen LogP contribution in [0, 0.1) is 6.92 Å². The van der Waals surface area contributed by atoms with Crippen molar-refractivity contribution in [2.75, 3.05) is 0 Å². The molecule has 0 atom stereocenters. The summed E-state index contributed by atoms with van der Waals surface area (Å²) in [6.07, 6.45) is 4.61. The highest BCUT2D eigenvalue weighted by atomic mass is 16.7. The number of nitrogens with zero attached hydrogens (tertiary/aromatic N) is 3. The third-order valence-electron chi connectivity index (χ3n) is 3.19. The molecule has 18 heavy (non-hydrogen) atoms. The van der Waals surface area contributed by atoms with Crippen LogP contribution in [-0.2, 0) is 22.6 Å². The maximum atomic E-state index is 10.8. The molecule has 2 rings (SSSR count). The Bertz CT molecular complexity index is 489. The van der Waals surface area contributed by atoms with E-state index in [2.05, 4.69) is 14.9 Å². The average Bonchev–Trinajstić information content (AvgIpc) is 2.49. The van der Waals surface area contributed by atoms with Gasteiger partial charge in [-0.1, -0.05) is 11.6 Å². The van der Waals surface area contributed by atoms with Gasteiger partial charge >= 0.3 is 5.97 Å². The Hall–Kier alpha value is -1.65. The van der Waals surface area contributed by atoms with E-state index in [-0.39, 0.29) is 0 Å². The number of rotatable bonds is 2. The maximum Gasteiger partial charge on any atom is 0.331 e. The SMILES string of the molecule is CC(=O)O/N=C(\C)c1c(C)nn2c1CCCCC2. The van der Waals surface area contributed by atoms with Crippen LogP contribution in [0.2, 0.25) is 0 Å². The van der Waals surface area contributed by atoms with E-state index in [9.17, 15) is 4.79 Å². The van der Waals surface area contributed by atoms with Crippen LogP contribution in [0.25, 0.3) is 0 Å². The zero-order valence-corrected chi connectivity index (χ0v) is 11.2. The van der Waals surface area contributed by atoms with E-state index in [1.54, 1.807) is 0 Å². The van der Waals surface area contributed by atoms with E-state index in [1.165, 1.54) is 31.9 Å². The van der Waals surface area contributed by atoms with Gasteiger partial charge in [0.25, 0.3) is 0 Å². The van der Waals surface area contributed by atoms with Crippen molar-refractivity contribution in [2.24, 2.45) is 5.16 Å². The molecule has 98 valence electrons. The fourth-order valence-corrected chi connectivity index (χ4v) is 2.45. The van der Waals surface area contributed by atoms with Crippen LogP contribution in [-0.4, -0.2) is 21.5 Å². The quantitative estimate of drug-likeness (QED) is 0.458. The molecule has 0 aliphatic carbocycles. The van der Waals surface area contributed by atoms with E-state index in [0.29, 0.717) is 0 Å². The lowest BCUT2D eigenvalue weighted by Crippen LogP contribution is -2.06. The first-order valence-electron chi connectivity index (χ1n) is 6.38. The molecule has 0 amide bonds. The Kier molecular flexibility index (Phi) is 3.79. The summed E-state index contributed by atoms with van der Waals surface area (Å²) in [5.41, 5.74) is 3.95. The highest BCUT2D eigenvalue weighted by Gasteiger charge is 2.19. The summed E-state index contributed by atoms with van der Waals surface area (Å²) in [5.74, 6) is -0.398. The minimum atomic E-state index is -0.398. The molecule has 0 saturated carbocycles. The molecule has 1 aromatic rings. The molecule has 1 aliphatic rings. The Labute approximate surface area is 107 Å². The van der Waals surface area contributed by atoms with Crippen LogP contribution in [0.5, 0.6) is 0 Å². The molecule has 0 N–H and O–H groups in total. The number of fused-ring (bicyclic) bond motifs is 1. The Morgan fingerprint density at radius 2 is 2.11 bits per heavy atom. The third-order valence-corrected chi connectivity index (χ3v) is 3.19. The second-order valence-corrected chi connectivity index (χ2v) is 4.70. The van der Waals surface area contributed by atoms with Crippen molar-refractivity contribution in [2.45, 2.75) is 53.0 Å². The monoisotopic (exact) mass is 249 g/mol. The van der Waals surface area contributed by atoms with Crippen LogP contribution in [0.15, 0.2) is 5.16 Å². The first-order chi connectivity index (χ1) is 8.59. The normalized spacial score (nSPS) is 16.1. The molecule has 1 aliphatic heterocycles. The minimum absolute atomic E-state index is 0.398. The number of carbonyl (C=O) groups excluding carboxylic acids is 1. The molecular formula is C13H19N3O2. The number of hydrogen-bond donors (Lipinski definition) is 0. The first kappa shape index (κ1) is 12.8. The summed E-state index contributed by atoms with van der Waals surface area (Å²) in [7, 11) is 0. The number of aryl methyl sites for hydroxylation is 2. The second-order valence-electron chi connectivity index (χ2n) is 4.70. The molecule has 0 fully saturated rings. The Morgan fingerprint density at radius 1 is 1.33 bits per heavy atom. The zero-order chi connectivity index (χ0) is 13.1. The summed E-state index contributed by atoms with van der Waals surface area (Å²) in [6, 6.07) is 0. The van der Waals surface area contributed by atoms with Gasteiger partial charge in [0, 0.05) is 24.7 Å². The van der Waals surface area contributed by atoms with Crippen molar-refractivity contribution in [1.29, 1.82) is 0 Å². The van der Waals surface area contributed by atoms with Crippen LogP contribution in [0.4, 0.5) is 0 Å². The summed E-state index contributed by atoms with van der Waals surface area (Å²) < 4.78 is 2.07. The third kappa shape index (κ3) is 2.60. The lowest BCUT2D eigenvalue weighted by molar-refractivity contribution is -0.140. The number of hydrogen-bond acceptors (Lipinski definition) is 4. The predicted molar refractivity (Wildman–Crippen MR) is 68.5 cm³/mol. The van der Waals surface area contributed by atoms with E-state index >= 15 is 0 Å². The fourth-order valence-electron chi connectivity index (χ4n) is 2.45. The summed E-state index contributed by atoms with van der Waals surface area (Å²) in [5, 5.41) is 8.43. The molecule has 5 heteroatoms. The number of aromatic nitrogens is 2. The van der Waals surface area contributed by atoms with E-state index in [1.807, 2.05) is 13.8 Å². The molecule has 0 unspecified atom stereocenters. The molecule has 0 bridgehead atoms. The summed E-state index contributed by atoms with van der Waals surface area (Å²) in [6.45, 7) is 6.15. The lowest BCUT2D eigenvalue weighted by Gasteiger charge is -2.04. The van der Waals surface area contributed by atoms with Gasteiger partial charge in [-0.25, -0.2) is 4.79 Å². The van der Waals surface area contributed by atoms with Gasteiger partial charge in [0.1, 0.15) is 0 Å². The van der Waals surface area contributed by atoms with Crippen molar-refractivity contribution in [3.05, 3.63) is 17.0 Å². The van der Waals surface area contributed by atoms with Crippen molar-refractivity contribution in [3.63, 3.8) is 0 Å².